The first-order valence-corrected chi connectivity index (χ1v) is 10.9. The van der Waals surface area contributed by atoms with Crippen LogP contribution in [0, 0.1) is 11.2 Å². The molecule has 0 unspecified atom stereocenters. The summed E-state index contributed by atoms with van der Waals surface area (Å²) in [5.41, 5.74) is 3.81. The molecule has 1 heterocycles. The van der Waals surface area contributed by atoms with Crippen molar-refractivity contribution in [1.82, 2.24) is 15.1 Å². The maximum absolute atomic E-state index is 13.2. The zero-order valence-electron chi connectivity index (χ0n) is 17.6. The molecule has 1 N–H and O–H groups in total. The molecule has 1 amide bonds. The molecule has 31 heavy (non-hydrogen) atoms. The van der Waals surface area contributed by atoms with Gasteiger partial charge in [0.1, 0.15) is 5.82 Å². The Morgan fingerprint density at radius 3 is 2.58 bits per heavy atom. The van der Waals surface area contributed by atoms with Crippen LogP contribution in [0.2, 0.25) is 0 Å². The molecule has 2 aliphatic carbocycles. The summed E-state index contributed by atoms with van der Waals surface area (Å²) in [6, 6.07) is 16.5. The third-order valence-corrected chi connectivity index (χ3v) is 6.69. The van der Waals surface area contributed by atoms with E-state index in [-0.39, 0.29) is 22.6 Å². The SMILES string of the molecule is C[C@@]1(CCNC(=O)C2(c3ccccc3)CC2)C=Cc2c(cnn2-c2ccc(F)cc2)C1. The highest BCUT2D eigenvalue weighted by atomic mass is 19.1. The molecule has 2 aromatic carbocycles. The number of carbonyl (C=O) groups is 1. The number of fused-ring (bicyclic) bond motifs is 1. The number of nitrogens with one attached hydrogen (secondary N) is 1. The van der Waals surface area contributed by atoms with E-state index in [1.165, 1.54) is 17.7 Å². The normalized spacial score (nSPS) is 20.8. The zero-order valence-corrected chi connectivity index (χ0v) is 17.6. The lowest BCUT2D eigenvalue weighted by atomic mass is 9.77. The number of aromatic nitrogens is 2. The highest BCUT2D eigenvalue weighted by Crippen LogP contribution is 2.48. The number of carbonyl (C=O) groups excluding carboxylic acids is 1. The van der Waals surface area contributed by atoms with Gasteiger partial charge in [0.15, 0.2) is 0 Å². The van der Waals surface area contributed by atoms with Gasteiger partial charge in [-0.15, -0.1) is 0 Å². The Morgan fingerprint density at radius 2 is 1.87 bits per heavy atom. The first-order valence-electron chi connectivity index (χ1n) is 10.9. The highest BCUT2D eigenvalue weighted by Gasteiger charge is 2.51. The quantitative estimate of drug-likeness (QED) is 0.627. The molecule has 3 aromatic rings. The van der Waals surface area contributed by atoms with Gasteiger partial charge in [-0.2, -0.15) is 5.10 Å². The van der Waals surface area contributed by atoms with Gasteiger partial charge in [-0.25, -0.2) is 9.07 Å². The van der Waals surface area contributed by atoms with Crippen molar-refractivity contribution >= 4 is 12.0 Å². The second-order valence-corrected chi connectivity index (χ2v) is 9.06. The predicted molar refractivity (Wildman–Crippen MR) is 119 cm³/mol. The van der Waals surface area contributed by atoms with E-state index in [9.17, 15) is 9.18 Å². The maximum Gasteiger partial charge on any atom is 0.230 e. The van der Waals surface area contributed by atoms with Crippen LogP contribution in [0.1, 0.15) is 43.0 Å². The minimum atomic E-state index is -0.325. The third-order valence-electron chi connectivity index (χ3n) is 6.69. The molecule has 0 bridgehead atoms. The summed E-state index contributed by atoms with van der Waals surface area (Å²) in [6.45, 7) is 2.87. The first-order chi connectivity index (χ1) is 15.0. The summed E-state index contributed by atoms with van der Waals surface area (Å²) in [5.74, 6) is -0.109. The second-order valence-electron chi connectivity index (χ2n) is 9.06. The lowest BCUT2D eigenvalue weighted by Crippen LogP contribution is -2.37. The van der Waals surface area contributed by atoms with Crippen LogP contribution in [0.4, 0.5) is 4.39 Å². The lowest BCUT2D eigenvalue weighted by molar-refractivity contribution is -0.123. The maximum atomic E-state index is 13.2. The van der Waals surface area contributed by atoms with Crippen molar-refractivity contribution in [1.29, 1.82) is 0 Å². The van der Waals surface area contributed by atoms with Gasteiger partial charge in [0.2, 0.25) is 5.91 Å². The summed E-state index contributed by atoms with van der Waals surface area (Å²) in [7, 11) is 0. The van der Waals surface area contributed by atoms with Crippen LogP contribution in [0.5, 0.6) is 0 Å². The molecule has 0 spiro atoms. The molecular weight excluding hydrogens is 389 g/mol. The zero-order chi connectivity index (χ0) is 21.5. The molecular formula is C26H26FN3O. The Kier molecular flexibility index (Phi) is 4.77. The van der Waals surface area contributed by atoms with Gasteiger partial charge in [0.05, 0.1) is 23.0 Å². The molecule has 5 rings (SSSR count). The minimum Gasteiger partial charge on any atom is -0.355 e. The van der Waals surface area contributed by atoms with Gasteiger partial charge in [-0.3, -0.25) is 4.79 Å². The van der Waals surface area contributed by atoms with Crippen LogP contribution in [0.15, 0.2) is 66.9 Å². The molecule has 0 radical (unpaired) electrons. The van der Waals surface area contributed by atoms with Crippen LogP contribution in [-0.4, -0.2) is 22.2 Å². The molecule has 158 valence electrons. The Balaban J connectivity index is 1.23. The fourth-order valence-electron chi connectivity index (χ4n) is 4.60. The average molecular weight is 416 g/mol. The number of hydrogen-bond acceptors (Lipinski definition) is 2. The summed E-state index contributed by atoms with van der Waals surface area (Å²) in [5, 5.41) is 7.71. The molecule has 2 aliphatic rings. The van der Waals surface area contributed by atoms with Gasteiger partial charge in [-0.05, 0) is 72.6 Å². The first kappa shape index (κ1) is 19.7. The molecule has 1 aromatic heterocycles. The Labute approximate surface area is 181 Å². The molecule has 0 aliphatic heterocycles. The fraction of sp³-hybridized carbons (Fsp3) is 0.308. The molecule has 1 saturated carbocycles. The standard InChI is InChI=1S/C26H26FN3O/c1-25(15-16-28-24(31)26(13-14-26)20-5-3-2-4-6-20)12-11-23-19(17-25)18-29-30(23)22-9-7-21(27)8-10-22/h2-12,18H,13-17H2,1H3,(H,28,31)/t25-/m0/s1. The smallest absolute Gasteiger partial charge is 0.230 e. The van der Waals surface area contributed by atoms with E-state index in [0.717, 1.165) is 42.6 Å². The van der Waals surface area contributed by atoms with E-state index >= 15 is 0 Å². The van der Waals surface area contributed by atoms with Crippen LogP contribution in [0.25, 0.3) is 11.8 Å². The van der Waals surface area contributed by atoms with Crippen molar-refractivity contribution in [3.05, 3.63) is 89.5 Å². The largest absolute Gasteiger partial charge is 0.355 e. The van der Waals surface area contributed by atoms with E-state index in [4.69, 9.17) is 0 Å². The molecule has 1 fully saturated rings. The Bertz CT molecular complexity index is 1130. The number of benzene rings is 2. The van der Waals surface area contributed by atoms with E-state index in [0.29, 0.717) is 6.54 Å². The Morgan fingerprint density at radius 1 is 1.13 bits per heavy atom. The number of nitrogens with zero attached hydrogens (tertiary/aromatic N) is 2. The topological polar surface area (TPSA) is 46.9 Å². The number of allylic oxidation sites excluding steroid dienone is 1. The van der Waals surface area contributed by atoms with Crippen LogP contribution >= 0.6 is 0 Å². The van der Waals surface area contributed by atoms with Crippen molar-refractivity contribution < 1.29 is 9.18 Å². The number of rotatable bonds is 6. The highest BCUT2D eigenvalue weighted by molar-refractivity contribution is 5.91. The van der Waals surface area contributed by atoms with E-state index in [1.54, 1.807) is 12.1 Å². The Hall–Kier alpha value is -3.21. The van der Waals surface area contributed by atoms with Crippen molar-refractivity contribution in [3.63, 3.8) is 0 Å². The van der Waals surface area contributed by atoms with Gasteiger partial charge >= 0.3 is 0 Å². The van der Waals surface area contributed by atoms with Crippen LogP contribution < -0.4 is 5.32 Å². The van der Waals surface area contributed by atoms with Gasteiger partial charge in [-0.1, -0.05) is 43.3 Å². The van der Waals surface area contributed by atoms with Crippen molar-refractivity contribution in [2.75, 3.05) is 6.54 Å². The number of halogens is 1. The minimum absolute atomic E-state index is 0.0413. The van der Waals surface area contributed by atoms with Gasteiger partial charge in [0.25, 0.3) is 0 Å². The third kappa shape index (κ3) is 3.69. The van der Waals surface area contributed by atoms with Crippen molar-refractivity contribution in [2.45, 2.75) is 38.0 Å². The molecule has 0 saturated heterocycles. The van der Waals surface area contributed by atoms with Crippen LogP contribution in [0.3, 0.4) is 0 Å². The summed E-state index contributed by atoms with van der Waals surface area (Å²) >= 11 is 0. The van der Waals surface area contributed by atoms with E-state index in [1.807, 2.05) is 29.1 Å². The fourth-order valence-corrected chi connectivity index (χ4v) is 4.60. The summed E-state index contributed by atoms with van der Waals surface area (Å²) in [4.78, 5) is 12.9. The van der Waals surface area contributed by atoms with Crippen LogP contribution in [-0.2, 0) is 16.6 Å². The predicted octanol–water partition coefficient (Wildman–Crippen LogP) is 4.83. The lowest BCUT2D eigenvalue weighted by Gasteiger charge is -2.29. The van der Waals surface area contributed by atoms with E-state index in [2.05, 4.69) is 41.6 Å². The van der Waals surface area contributed by atoms with Gasteiger partial charge < -0.3 is 5.32 Å². The second kappa shape index (κ2) is 7.49. The molecule has 4 nitrogen and oxygen atoms in total. The number of amides is 1. The van der Waals surface area contributed by atoms with Crippen molar-refractivity contribution in [2.24, 2.45) is 5.41 Å². The summed E-state index contributed by atoms with van der Waals surface area (Å²) < 4.78 is 15.1. The van der Waals surface area contributed by atoms with E-state index < -0.39 is 0 Å². The molecule has 5 heteroatoms. The number of hydrogen-bond donors (Lipinski definition) is 1. The van der Waals surface area contributed by atoms with Crippen molar-refractivity contribution in [3.8, 4) is 5.69 Å². The summed E-state index contributed by atoms with van der Waals surface area (Å²) in [6.07, 6.45) is 9.78. The monoisotopic (exact) mass is 415 g/mol. The molecule has 1 atom stereocenters. The average Bonchev–Trinajstić information content (AvgIpc) is 3.50. The van der Waals surface area contributed by atoms with Gasteiger partial charge in [0, 0.05) is 6.54 Å².